The highest BCUT2D eigenvalue weighted by molar-refractivity contribution is 7.22. The Labute approximate surface area is 241 Å². The minimum atomic E-state index is -1.80. The van der Waals surface area contributed by atoms with E-state index in [4.69, 9.17) is 13.9 Å². The van der Waals surface area contributed by atoms with Crippen molar-refractivity contribution in [2.24, 2.45) is 0 Å². The number of aryl methyl sites for hydroxylation is 1. The molecule has 41 heavy (non-hydrogen) atoms. The molecule has 218 valence electrons. The summed E-state index contributed by atoms with van der Waals surface area (Å²) in [7, 11) is 0. The standard InChI is InChI=1S/C30H35N3O7S/c1-5-38-21-14-10-9-13-20(21)22(40-19-11-7-6-8-12-19)17-32-27-23(18(2)24(41-27)25-31-15-16-39-25)26(34)33(29(32)37)30(3,4)28(35)36/h9-10,13-16,19,22H,5-8,11-12,17H2,1-4H3,(H,35,36)/t22-/m0/s1. The summed E-state index contributed by atoms with van der Waals surface area (Å²) >= 11 is 1.22. The van der Waals surface area contributed by atoms with Crippen LogP contribution in [0.5, 0.6) is 5.75 Å². The van der Waals surface area contributed by atoms with Gasteiger partial charge in [0.2, 0.25) is 5.89 Å². The molecule has 0 saturated heterocycles. The molecule has 3 heterocycles. The monoisotopic (exact) mass is 581 g/mol. The Kier molecular flexibility index (Phi) is 8.19. The quantitative estimate of drug-likeness (QED) is 0.260. The van der Waals surface area contributed by atoms with Crippen LogP contribution in [0.2, 0.25) is 0 Å². The van der Waals surface area contributed by atoms with Gasteiger partial charge in [0.05, 0.1) is 35.7 Å². The fraction of sp³-hybridized carbons (Fsp3) is 0.467. The van der Waals surface area contributed by atoms with Gasteiger partial charge in [-0.15, -0.1) is 11.3 Å². The summed E-state index contributed by atoms with van der Waals surface area (Å²) in [6, 6.07) is 7.59. The average molecular weight is 582 g/mol. The van der Waals surface area contributed by atoms with E-state index in [1.165, 1.54) is 42.2 Å². The summed E-state index contributed by atoms with van der Waals surface area (Å²) in [6.45, 7) is 6.88. The first kappa shape index (κ1) is 28.8. The largest absolute Gasteiger partial charge is 0.493 e. The lowest BCUT2D eigenvalue weighted by Crippen LogP contribution is -2.52. The third-order valence-electron chi connectivity index (χ3n) is 7.74. The van der Waals surface area contributed by atoms with E-state index < -0.39 is 28.9 Å². The second-order valence-electron chi connectivity index (χ2n) is 10.8. The Balaban J connectivity index is 1.75. The highest BCUT2D eigenvalue weighted by Gasteiger charge is 2.36. The van der Waals surface area contributed by atoms with Gasteiger partial charge in [-0.3, -0.25) is 9.36 Å². The van der Waals surface area contributed by atoms with Gasteiger partial charge in [0.15, 0.2) is 0 Å². The van der Waals surface area contributed by atoms with Crippen molar-refractivity contribution in [2.75, 3.05) is 6.61 Å². The number of aliphatic carboxylic acids is 1. The van der Waals surface area contributed by atoms with Crippen LogP contribution in [0, 0.1) is 6.92 Å². The maximum Gasteiger partial charge on any atom is 0.333 e. The molecule has 1 saturated carbocycles. The van der Waals surface area contributed by atoms with E-state index >= 15 is 0 Å². The van der Waals surface area contributed by atoms with Crippen molar-refractivity contribution in [3.05, 3.63) is 68.7 Å². The van der Waals surface area contributed by atoms with Crippen LogP contribution in [0.25, 0.3) is 21.0 Å². The number of nitrogens with zero attached hydrogens (tertiary/aromatic N) is 3. The van der Waals surface area contributed by atoms with Gasteiger partial charge in [-0.1, -0.05) is 37.5 Å². The van der Waals surface area contributed by atoms with Gasteiger partial charge in [-0.25, -0.2) is 19.1 Å². The van der Waals surface area contributed by atoms with Crippen molar-refractivity contribution in [3.63, 3.8) is 0 Å². The number of para-hydroxylation sites is 1. The lowest BCUT2D eigenvalue weighted by Gasteiger charge is -2.30. The number of carboxylic acids is 1. The molecule has 1 aliphatic carbocycles. The van der Waals surface area contributed by atoms with Crippen molar-refractivity contribution in [3.8, 4) is 16.5 Å². The summed E-state index contributed by atoms with van der Waals surface area (Å²) in [5.41, 5.74) is -1.83. The Morgan fingerprint density at radius 3 is 2.61 bits per heavy atom. The van der Waals surface area contributed by atoms with Crippen LogP contribution in [-0.2, 0) is 21.6 Å². The van der Waals surface area contributed by atoms with Crippen LogP contribution in [-0.4, -0.2) is 37.9 Å². The van der Waals surface area contributed by atoms with Gasteiger partial charge in [0, 0.05) is 5.56 Å². The zero-order chi connectivity index (χ0) is 29.3. The highest BCUT2D eigenvalue weighted by Crippen LogP contribution is 2.38. The van der Waals surface area contributed by atoms with Crippen LogP contribution < -0.4 is 16.0 Å². The smallest absolute Gasteiger partial charge is 0.333 e. The molecular weight excluding hydrogens is 546 g/mol. The van der Waals surface area contributed by atoms with Gasteiger partial charge in [0.1, 0.15) is 28.5 Å². The molecule has 11 heteroatoms. The molecule has 1 N–H and O–H groups in total. The number of thiophene rings is 1. The van der Waals surface area contributed by atoms with E-state index in [1.54, 1.807) is 6.92 Å². The van der Waals surface area contributed by atoms with E-state index in [0.717, 1.165) is 42.2 Å². The summed E-state index contributed by atoms with van der Waals surface area (Å²) in [5, 5.41) is 10.3. The summed E-state index contributed by atoms with van der Waals surface area (Å²) in [6.07, 6.45) is 7.48. The predicted molar refractivity (Wildman–Crippen MR) is 156 cm³/mol. The fourth-order valence-corrected chi connectivity index (χ4v) is 6.73. The third kappa shape index (κ3) is 5.36. The molecule has 0 amide bonds. The Bertz CT molecular complexity index is 1660. The maximum atomic E-state index is 14.2. The highest BCUT2D eigenvalue weighted by atomic mass is 32.1. The van der Waals surface area contributed by atoms with Gasteiger partial charge >= 0.3 is 11.7 Å². The van der Waals surface area contributed by atoms with Crippen molar-refractivity contribution >= 4 is 27.5 Å². The zero-order valence-electron chi connectivity index (χ0n) is 23.7. The molecule has 1 fully saturated rings. The molecule has 4 aromatic rings. The van der Waals surface area contributed by atoms with Crippen molar-refractivity contribution < 1.29 is 23.8 Å². The molecule has 1 aliphatic rings. The number of rotatable bonds is 10. The van der Waals surface area contributed by atoms with E-state index in [-0.39, 0.29) is 18.0 Å². The van der Waals surface area contributed by atoms with Crippen LogP contribution in [0.1, 0.15) is 70.1 Å². The summed E-state index contributed by atoms with van der Waals surface area (Å²) < 4.78 is 20.5. The Morgan fingerprint density at radius 1 is 1.22 bits per heavy atom. The Hall–Kier alpha value is -3.70. The molecule has 0 spiro atoms. The second kappa shape index (κ2) is 11.7. The molecule has 0 bridgehead atoms. The lowest BCUT2D eigenvalue weighted by atomic mass is 9.97. The van der Waals surface area contributed by atoms with Crippen LogP contribution in [0.15, 0.2) is 50.7 Å². The van der Waals surface area contributed by atoms with E-state index in [9.17, 15) is 19.5 Å². The number of aromatic nitrogens is 3. The van der Waals surface area contributed by atoms with E-state index in [1.807, 2.05) is 31.2 Å². The first-order valence-corrected chi connectivity index (χ1v) is 14.8. The van der Waals surface area contributed by atoms with Gasteiger partial charge in [0.25, 0.3) is 5.56 Å². The molecule has 5 rings (SSSR count). The minimum Gasteiger partial charge on any atom is -0.493 e. The predicted octanol–water partition coefficient (Wildman–Crippen LogP) is 5.50. The van der Waals surface area contributed by atoms with Gasteiger partial charge in [-0.05, 0) is 52.2 Å². The number of benzene rings is 1. The van der Waals surface area contributed by atoms with Crippen LogP contribution >= 0.6 is 11.3 Å². The topological polar surface area (TPSA) is 126 Å². The van der Waals surface area contributed by atoms with Crippen molar-refractivity contribution in [1.82, 2.24) is 14.1 Å². The van der Waals surface area contributed by atoms with Gasteiger partial charge in [-0.2, -0.15) is 0 Å². The molecule has 0 radical (unpaired) electrons. The Morgan fingerprint density at radius 2 is 1.95 bits per heavy atom. The number of ether oxygens (including phenoxy) is 2. The molecule has 10 nitrogen and oxygen atoms in total. The normalized spacial score (nSPS) is 15.3. The minimum absolute atomic E-state index is 0.00365. The van der Waals surface area contributed by atoms with Crippen molar-refractivity contribution in [1.29, 1.82) is 0 Å². The number of oxazole rings is 1. The molecule has 0 unspecified atom stereocenters. The molecule has 1 aromatic carbocycles. The summed E-state index contributed by atoms with van der Waals surface area (Å²) in [5.74, 6) is -0.315. The number of carbonyl (C=O) groups is 1. The average Bonchev–Trinajstić information content (AvgIpc) is 3.59. The third-order valence-corrected chi connectivity index (χ3v) is 9.05. The zero-order valence-corrected chi connectivity index (χ0v) is 24.5. The number of hydrogen-bond acceptors (Lipinski definition) is 8. The number of hydrogen-bond donors (Lipinski definition) is 1. The molecular formula is C30H35N3O7S. The van der Waals surface area contributed by atoms with Gasteiger partial charge < -0.3 is 19.0 Å². The molecule has 0 aliphatic heterocycles. The summed E-state index contributed by atoms with van der Waals surface area (Å²) in [4.78, 5) is 45.6. The first-order valence-electron chi connectivity index (χ1n) is 13.9. The number of fused-ring (bicyclic) bond motifs is 1. The maximum absolute atomic E-state index is 14.2. The lowest BCUT2D eigenvalue weighted by molar-refractivity contribution is -0.146. The van der Waals surface area contributed by atoms with Crippen LogP contribution in [0.4, 0.5) is 0 Å². The van der Waals surface area contributed by atoms with Crippen molar-refractivity contribution in [2.45, 2.75) is 84.1 Å². The molecule has 3 aromatic heterocycles. The van der Waals surface area contributed by atoms with Crippen LogP contribution in [0.3, 0.4) is 0 Å². The molecule has 1 atom stereocenters. The fourth-order valence-electron chi connectivity index (χ4n) is 5.48. The van der Waals surface area contributed by atoms with E-state index in [2.05, 4.69) is 4.98 Å². The SMILES string of the molecule is CCOc1ccccc1[C@H](Cn1c(=O)n(C(C)(C)C(=O)O)c(=O)c2c(C)c(-c3ncco3)sc21)OC1CCCCC1. The first-order chi connectivity index (χ1) is 19.6. The number of carboxylic acid groups (broad SMARTS) is 1. The second-order valence-corrected chi connectivity index (χ2v) is 11.8. The van der Waals surface area contributed by atoms with E-state index in [0.29, 0.717) is 33.5 Å².